The van der Waals surface area contributed by atoms with Crippen LogP contribution >= 0.6 is 0 Å². The highest BCUT2D eigenvalue weighted by atomic mass is 16.2. The molecule has 1 aliphatic rings. The third-order valence-electron chi connectivity index (χ3n) is 4.55. The Hall–Kier alpha value is -1.06. The van der Waals surface area contributed by atoms with E-state index in [2.05, 4.69) is 33.0 Å². The average Bonchev–Trinajstić information content (AvgIpc) is 2.44. The molecule has 0 aromatic heterocycles. The van der Waals surface area contributed by atoms with Gasteiger partial charge in [-0.05, 0) is 24.7 Å². The zero-order chi connectivity index (χ0) is 16.0. The zero-order valence-corrected chi connectivity index (χ0v) is 14.3. The molecule has 0 spiro atoms. The molecule has 0 aromatic carbocycles. The SMILES string of the molecule is CCCC(C)CN1C(=O)C(CCC)NC(=O)C1C(C)CC. The van der Waals surface area contributed by atoms with Gasteiger partial charge in [-0.25, -0.2) is 0 Å². The summed E-state index contributed by atoms with van der Waals surface area (Å²) in [5.41, 5.74) is 0. The number of carbonyl (C=O) groups excluding carboxylic acids is 2. The van der Waals surface area contributed by atoms with E-state index in [0.29, 0.717) is 12.5 Å². The van der Waals surface area contributed by atoms with Gasteiger partial charge >= 0.3 is 0 Å². The van der Waals surface area contributed by atoms with Crippen molar-refractivity contribution >= 4 is 11.8 Å². The molecule has 2 amide bonds. The Morgan fingerprint density at radius 3 is 2.33 bits per heavy atom. The second kappa shape index (κ2) is 8.40. The second-order valence-corrected chi connectivity index (χ2v) is 6.56. The van der Waals surface area contributed by atoms with Crippen LogP contribution in [0.1, 0.15) is 66.7 Å². The molecule has 1 rings (SSSR count). The van der Waals surface area contributed by atoms with Crippen LogP contribution in [-0.2, 0) is 9.59 Å². The van der Waals surface area contributed by atoms with E-state index < -0.39 is 0 Å². The molecule has 0 radical (unpaired) electrons. The molecule has 0 aromatic rings. The van der Waals surface area contributed by atoms with Crippen molar-refractivity contribution in [1.29, 1.82) is 0 Å². The summed E-state index contributed by atoms with van der Waals surface area (Å²) >= 11 is 0. The quantitative estimate of drug-likeness (QED) is 0.748. The van der Waals surface area contributed by atoms with Crippen LogP contribution in [0.3, 0.4) is 0 Å². The van der Waals surface area contributed by atoms with Crippen molar-refractivity contribution in [2.24, 2.45) is 11.8 Å². The fourth-order valence-electron chi connectivity index (χ4n) is 3.19. The summed E-state index contributed by atoms with van der Waals surface area (Å²) in [6.07, 6.45) is 4.75. The van der Waals surface area contributed by atoms with Gasteiger partial charge in [0.25, 0.3) is 0 Å². The maximum atomic E-state index is 12.7. The number of hydrogen-bond acceptors (Lipinski definition) is 2. The van der Waals surface area contributed by atoms with Crippen LogP contribution in [0.2, 0.25) is 0 Å². The number of nitrogens with zero attached hydrogens (tertiary/aromatic N) is 1. The fraction of sp³-hybridized carbons (Fsp3) is 0.882. The Balaban J connectivity index is 2.94. The molecule has 4 atom stereocenters. The Kier molecular flexibility index (Phi) is 7.20. The average molecular weight is 296 g/mol. The molecule has 4 unspecified atom stereocenters. The van der Waals surface area contributed by atoms with E-state index in [-0.39, 0.29) is 29.8 Å². The molecule has 1 aliphatic heterocycles. The lowest BCUT2D eigenvalue weighted by Gasteiger charge is -2.42. The molecule has 21 heavy (non-hydrogen) atoms. The molecule has 4 nitrogen and oxygen atoms in total. The van der Waals surface area contributed by atoms with Crippen LogP contribution in [0.5, 0.6) is 0 Å². The molecule has 4 heteroatoms. The highest BCUT2D eigenvalue weighted by molar-refractivity contribution is 5.97. The molecule has 1 saturated heterocycles. The highest BCUT2D eigenvalue weighted by Gasteiger charge is 2.42. The van der Waals surface area contributed by atoms with Gasteiger partial charge in [0.1, 0.15) is 12.1 Å². The van der Waals surface area contributed by atoms with Crippen LogP contribution in [-0.4, -0.2) is 35.3 Å². The van der Waals surface area contributed by atoms with Gasteiger partial charge in [-0.1, -0.05) is 53.9 Å². The summed E-state index contributed by atoms with van der Waals surface area (Å²) in [7, 11) is 0. The first-order valence-corrected chi connectivity index (χ1v) is 8.56. The second-order valence-electron chi connectivity index (χ2n) is 6.56. The van der Waals surface area contributed by atoms with Crippen molar-refractivity contribution in [2.75, 3.05) is 6.54 Å². The summed E-state index contributed by atoms with van der Waals surface area (Å²) in [4.78, 5) is 27.1. The molecule has 0 saturated carbocycles. The predicted octanol–water partition coefficient (Wildman–Crippen LogP) is 2.96. The van der Waals surface area contributed by atoms with E-state index >= 15 is 0 Å². The molecule has 122 valence electrons. The van der Waals surface area contributed by atoms with E-state index in [1.165, 1.54) is 0 Å². The molecular weight excluding hydrogens is 264 g/mol. The lowest BCUT2D eigenvalue weighted by Crippen LogP contribution is -2.65. The number of carbonyl (C=O) groups is 2. The summed E-state index contributed by atoms with van der Waals surface area (Å²) in [5, 5.41) is 2.94. The number of rotatable bonds is 8. The summed E-state index contributed by atoms with van der Waals surface area (Å²) in [6.45, 7) is 11.2. The largest absolute Gasteiger partial charge is 0.342 e. The van der Waals surface area contributed by atoms with Gasteiger partial charge in [0, 0.05) is 6.54 Å². The topological polar surface area (TPSA) is 49.4 Å². The maximum absolute atomic E-state index is 12.7. The van der Waals surface area contributed by atoms with E-state index in [1.807, 2.05) is 11.8 Å². The molecular formula is C17H32N2O2. The van der Waals surface area contributed by atoms with Crippen molar-refractivity contribution in [3.8, 4) is 0 Å². The molecule has 1 fully saturated rings. The van der Waals surface area contributed by atoms with Crippen LogP contribution in [0.15, 0.2) is 0 Å². The summed E-state index contributed by atoms with van der Waals surface area (Å²) < 4.78 is 0. The van der Waals surface area contributed by atoms with E-state index in [9.17, 15) is 9.59 Å². The highest BCUT2D eigenvalue weighted by Crippen LogP contribution is 2.23. The van der Waals surface area contributed by atoms with Crippen molar-refractivity contribution in [1.82, 2.24) is 10.2 Å². The van der Waals surface area contributed by atoms with Gasteiger partial charge in [-0.3, -0.25) is 9.59 Å². The van der Waals surface area contributed by atoms with E-state index in [0.717, 1.165) is 32.1 Å². The number of amides is 2. The smallest absolute Gasteiger partial charge is 0.245 e. The molecule has 0 aliphatic carbocycles. The van der Waals surface area contributed by atoms with Crippen LogP contribution in [0.4, 0.5) is 0 Å². The molecule has 0 bridgehead atoms. The van der Waals surface area contributed by atoms with Gasteiger partial charge in [0.2, 0.25) is 11.8 Å². The Bertz CT molecular complexity index is 357. The van der Waals surface area contributed by atoms with Gasteiger partial charge in [-0.2, -0.15) is 0 Å². The minimum Gasteiger partial charge on any atom is -0.342 e. The third kappa shape index (κ3) is 4.45. The van der Waals surface area contributed by atoms with Gasteiger partial charge < -0.3 is 10.2 Å². The fourth-order valence-corrected chi connectivity index (χ4v) is 3.19. The molecule has 1 heterocycles. The zero-order valence-electron chi connectivity index (χ0n) is 14.3. The van der Waals surface area contributed by atoms with Crippen LogP contribution in [0.25, 0.3) is 0 Å². The first-order chi connectivity index (χ1) is 9.96. The van der Waals surface area contributed by atoms with Crippen molar-refractivity contribution in [3.63, 3.8) is 0 Å². The molecule has 1 N–H and O–H groups in total. The van der Waals surface area contributed by atoms with E-state index in [1.54, 1.807) is 0 Å². The van der Waals surface area contributed by atoms with Gasteiger partial charge in [0.15, 0.2) is 0 Å². The van der Waals surface area contributed by atoms with E-state index in [4.69, 9.17) is 0 Å². The normalized spacial score (nSPS) is 25.7. The lowest BCUT2D eigenvalue weighted by atomic mass is 9.91. The van der Waals surface area contributed by atoms with Crippen LogP contribution < -0.4 is 5.32 Å². The van der Waals surface area contributed by atoms with Crippen molar-refractivity contribution < 1.29 is 9.59 Å². The minimum absolute atomic E-state index is 0.0334. The van der Waals surface area contributed by atoms with Crippen molar-refractivity contribution in [2.45, 2.75) is 78.8 Å². The van der Waals surface area contributed by atoms with Gasteiger partial charge in [-0.15, -0.1) is 0 Å². The summed E-state index contributed by atoms with van der Waals surface area (Å²) in [5.74, 6) is 0.792. The minimum atomic E-state index is -0.323. The number of hydrogen-bond donors (Lipinski definition) is 1. The maximum Gasteiger partial charge on any atom is 0.245 e. The standard InChI is InChI=1S/C17H32N2O2/c1-6-9-12(4)11-19-15(13(5)8-3)16(20)18-14(10-7-2)17(19)21/h12-15H,6-11H2,1-5H3,(H,18,20). The third-order valence-corrected chi connectivity index (χ3v) is 4.55. The monoisotopic (exact) mass is 296 g/mol. The predicted molar refractivity (Wildman–Crippen MR) is 85.9 cm³/mol. The Morgan fingerprint density at radius 1 is 1.14 bits per heavy atom. The Labute approximate surface area is 129 Å². The number of piperazine rings is 1. The van der Waals surface area contributed by atoms with Crippen molar-refractivity contribution in [3.05, 3.63) is 0 Å². The van der Waals surface area contributed by atoms with Crippen LogP contribution in [0, 0.1) is 11.8 Å². The summed E-state index contributed by atoms with van der Waals surface area (Å²) in [6, 6.07) is -0.619. The number of nitrogens with one attached hydrogen (secondary N) is 1. The first kappa shape index (κ1) is 18.0. The van der Waals surface area contributed by atoms with Gasteiger partial charge in [0.05, 0.1) is 0 Å². The first-order valence-electron chi connectivity index (χ1n) is 8.56. The lowest BCUT2D eigenvalue weighted by molar-refractivity contribution is -0.152. The Morgan fingerprint density at radius 2 is 1.81 bits per heavy atom.